The van der Waals surface area contributed by atoms with Crippen LogP contribution >= 0.6 is 15.9 Å². The van der Waals surface area contributed by atoms with Gasteiger partial charge in [-0.05, 0) is 55.8 Å². The third kappa shape index (κ3) is 2.92. The number of nitrogens with zero attached hydrogens (tertiary/aromatic N) is 3. The maximum atomic E-state index is 4.53. The van der Waals surface area contributed by atoms with E-state index in [2.05, 4.69) is 63.7 Å². The summed E-state index contributed by atoms with van der Waals surface area (Å²) < 4.78 is 3.26. The number of aryl methyl sites for hydroxylation is 1. The molecule has 1 aliphatic carbocycles. The van der Waals surface area contributed by atoms with Crippen LogP contribution in [0.4, 0.5) is 0 Å². The second-order valence-electron chi connectivity index (χ2n) is 5.90. The van der Waals surface area contributed by atoms with Crippen LogP contribution in [0, 0.1) is 0 Å². The summed E-state index contributed by atoms with van der Waals surface area (Å²) in [7, 11) is 2.09. The van der Waals surface area contributed by atoms with Crippen molar-refractivity contribution in [3.63, 3.8) is 0 Å². The number of hydrogen-bond acceptors (Lipinski definition) is 3. The van der Waals surface area contributed by atoms with Crippen molar-refractivity contribution >= 4 is 15.9 Å². The summed E-state index contributed by atoms with van der Waals surface area (Å²) in [6.07, 6.45) is 7.12. The lowest BCUT2D eigenvalue weighted by Gasteiger charge is -2.46. The van der Waals surface area contributed by atoms with E-state index in [9.17, 15) is 0 Å². The molecular formula is C16H29BrN4. The third-order valence-corrected chi connectivity index (χ3v) is 5.71. The van der Waals surface area contributed by atoms with Crippen LogP contribution in [-0.2, 0) is 6.54 Å². The van der Waals surface area contributed by atoms with Crippen LogP contribution in [0.15, 0.2) is 10.7 Å². The van der Waals surface area contributed by atoms with Gasteiger partial charge in [-0.3, -0.25) is 9.58 Å². The topological polar surface area (TPSA) is 33.1 Å². The van der Waals surface area contributed by atoms with Gasteiger partial charge in [0.15, 0.2) is 0 Å². The molecule has 0 aromatic carbocycles. The lowest BCUT2D eigenvalue weighted by Crippen LogP contribution is -2.55. The van der Waals surface area contributed by atoms with Crippen molar-refractivity contribution in [3.8, 4) is 0 Å². The highest BCUT2D eigenvalue weighted by Gasteiger charge is 2.46. The molecule has 1 heterocycles. The molecule has 21 heavy (non-hydrogen) atoms. The zero-order valence-electron chi connectivity index (χ0n) is 13.8. The highest BCUT2D eigenvalue weighted by atomic mass is 79.9. The van der Waals surface area contributed by atoms with Gasteiger partial charge in [0.25, 0.3) is 0 Å². The van der Waals surface area contributed by atoms with E-state index in [4.69, 9.17) is 0 Å². The van der Waals surface area contributed by atoms with Crippen LogP contribution in [0.25, 0.3) is 0 Å². The maximum absolute atomic E-state index is 4.53. The number of likely N-dealkylation sites (N-methyl/N-ethyl adjacent to an activating group) is 2. The van der Waals surface area contributed by atoms with Crippen LogP contribution in [0.1, 0.15) is 58.2 Å². The second kappa shape index (κ2) is 7.25. The Labute approximate surface area is 137 Å². The third-order valence-electron chi connectivity index (χ3n) is 5.09. The zero-order chi connectivity index (χ0) is 15.5. The fraction of sp³-hybridized carbons (Fsp3) is 0.812. The largest absolute Gasteiger partial charge is 0.310 e. The Morgan fingerprint density at radius 2 is 1.95 bits per heavy atom. The zero-order valence-corrected chi connectivity index (χ0v) is 15.4. The maximum Gasteiger partial charge on any atom is 0.0714 e. The Kier molecular flexibility index (Phi) is 5.86. The predicted molar refractivity (Wildman–Crippen MR) is 91.5 cm³/mol. The monoisotopic (exact) mass is 356 g/mol. The highest BCUT2D eigenvalue weighted by Crippen LogP contribution is 2.45. The van der Waals surface area contributed by atoms with E-state index < -0.39 is 0 Å². The minimum atomic E-state index is 0.216. The Hall–Kier alpha value is -0.390. The average Bonchev–Trinajstić information content (AvgIpc) is 3.11. The van der Waals surface area contributed by atoms with Gasteiger partial charge < -0.3 is 5.32 Å². The first kappa shape index (κ1) is 17.0. The normalized spacial score (nSPS) is 19.3. The highest BCUT2D eigenvalue weighted by molar-refractivity contribution is 9.10. The molecule has 0 aliphatic heterocycles. The molecule has 0 radical (unpaired) electrons. The summed E-state index contributed by atoms with van der Waals surface area (Å²) in [5.41, 5.74) is 1.52. The summed E-state index contributed by atoms with van der Waals surface area (Å²) in [6, 6.07) is 0.316. The molecule has 120 valence electrons. The average molecular weight is 357 g/mol. The lowest BCUT2D eigenvalue weighted by molar-refractivity contribution is 0.0620. The van der Waals surface area contributed by atoms with Gasteiger partial charge in [0.1, 0.15) is 0 Å². The van der Waals surface area contributed by atoms with Crippen LogP contribution in [0.5, 0.6) is 0 Å². The fourth-order valence-corrected chi connectivity index (χ4v) is 4.72. The number of rotatable bonds is 7. The molecule has 0 amide bonds. The number of hydrogen-bond donors (Lipinski definition) is 1. The SMILES string of the molecule is CCN(CC)C1(C(NC)c2c(Br)cnn2CC)CCCC1. The first-order valence-electron chi connectivity index (χ1n) is 8.28. The fourth-order valence-electron chi connectivity index (χ4n) is 4.20. The molecular weight excluding hydrogens is 328 g/mol. The number of halogens is 1. The lowest BCUT2D eigenvalue weighted by atomic mass is 9.83. The predicted octanol–water partition coefficient (Wildman–Crippen LogP) is 3.58. The van der Waals surface area contributed by atoms with Crippen molar-refractivity contribution in [2.24, 2.45) is 0 Å². The molecule has 1 aromatic heterocycles. The van der Waals surface area contributed by atoms with Crippen molar-refractivity contribution in [1.82, 2.24) is 20.0 Å². The number of aromatic nitrogens is 2. The van der Waals surface area contributed by atoms with Gasteiger partial charge in [0.05, 0.1) is 22.4 Å². The van der Waals surface area contributed by atoms with Gasteiger partial charge in [0, 0.05) is 12.1 Å². The first-order chi connectivity index (χ1) is 10.1. The Morgan fingerprint density at radius 3 is 2.43 bits per heavy atom. The molecule has 0 spiro atoms. The quantitative estimate of drug-likeness (QED) is 0.810. The van der Waals surface area contributed by atoms with Gasteiger partial charge in [-0.25, -0.2) is 0 Å². The molecule has 0 bridgehead atoms. The standard InChI is InChI=1S/C16H29BrN4/c1-5-20(6-2)16(10-8-9-11-16)15(18-4)14-13(17)12-19-21(14)7-3/h12,15,18H,5-11H2,1-4H3. The van der Waals surface area contributed by atoms with E-state index in [0.717, 1.165) is 24.1 Å². The van der Waals surface area contributed by atoms with E-state index in [1.165, 1.54) is 31.4 Å². The van der Waals surface area contributed by atoms with Gasteiger partial charge in [-0.2, -0.15) is 5.10 Å². The van der Waals surface area contributed by atoms with Crippen LogP contribution < -0.4 is 5.32 Å². The van der Waals surface area contributed by atoms with Gasteiger partial charge in [-0.15, -0.1) is 0 Å². The van der Waals surface area contributed by atoms with E-state index in [-0.39, 0.29) is 5.54 Å². The molecule has 1 aliphatic rings. The molecule has 2 rings (SSSR count). The molecule has 1 unspecified atom stereocenters. The van der Waals surface area contributed by atoms with Crippen LogP contribution in [0.2, 0.25) is 0 Å². The Bertz CT molecular complexity index is 447. The second-order valence-corrected chi connectivity index (χ2v) is 6.75. The van der Waals surface area contributed by atoms with Crippen molar-refractivity contribution < 1.29 is 0 Å². The summed E-state index contributed by atoms with van der Waals surface area (Å²) in [6.45, 7) is 9.84. The van der Waals surface area contributed by atoms with E-state index in [1.807, 2.05) is 6.20 Å². The van der Waals surface area contributed by atoms with E-state index in [1.54, 1.807) is 0 Å². The summed E-state index contributed by atoms with van der Waals surface area (Å²) in [4.78, 5) is 2.65. The summed E-state index contributed by atoms with van der Waals surface area (Å²) in [5.74, 6) is 0. The molecule has 1 saturated carbocycles. The van der Waals surface area contributed by atoms with Crippen molar-refractivity contribution in [2.75, 3.05) is 20.1 Å². The molecule has 1 atom stereocenters. The number of nitrogens with one attached hydrogen (secondary N) is 1. The Morgan fingerprint density at radius 1 is 1.33 bits per heavy atom. The van der Waals surface area contributed by atoms with Crippen molar-refractivity contribution in [2.45, 2.75) is 64.6 Å². The molecule has 1 N–H and O–H groups in total. The van der Waals surface area contributed by atoms with Gasteiger partial charge in [0.2, 0.25) is 0 Å². The first-order valence-corrected chi connectivity index (χ1v) is 9.07. The van der Waals surface area contributed by atoms with Gasteiger partial charge in [-0.1, -0.05) is 26.7 Å². The van der Waals surface area contributed by atoms with Crippen molar-refractivity contribution in [1.29, 1.82) is 0 Å². The minimum absolute atomic E-state index is 0.216. The Balaban J connectivity index is 2.48. The molecule has 0 saturated heterocycles. The molecule has 4 nitrogen and oxygen atoms in total. The van der Waals surface area contributed by atoms with Crippen LogP contribution in [0.3, 0.4) is 0 Å². The van der Waals surface area contributed by atoms with Crippen LogP contribution in [-0.4, -0.2) is 40.4 Å². The minimum Gasteiger partial charge on any atom is -0.310 e. The molecule has 1 aromatic rings. The smallest absolute Gasteiger partial charge is 0.0714 e. The van der Waals surface area contributed by atoms with Gasteiger partial charge >= 0.3 is 0 Å². The molecule has 5 heteroatoms. The molecule has 1 fully saturated rings. The van der Waals surface area contributed by atoms with E-state index >= 15 is 0 Å². The van der Waals surface area contributed by atoms with E-state index in [0.29, 0.717) is 6.04 Å². The summed E-state index contributed by atoms with van der Waals surface area (Å²) in [5, 5.41) is 8.15. The summed E-state index contributed by atoms with van der Waals surface area (Å²) >= 11 is 3.72. The van der Waals surface area contributed by atoms with Crippen molar-refractivity contribution in [3.05, 3.63) is 16.4 Å².